The van der Waals surface area contributed by atoms with Crippen molar-refractivity contribution in [3.05, 3.63) is 12.5 Å². The minimum absolute atomic E-state index is 0.0806. The van der Waals surface area contributed by atoms with Gasteiger partial charge in [0.1, 0.15) is 12.0 Å². The van der Waals surface area contributed by atoms with Crippen molar-refractivity contribution in [3.63, 3.8) is 0 Å². The highest BCUT2D eigenvalue weighted by molar-refractivity contribution is 5.92. The van der Waals surface area contributed by atoms with E-state index in [2.05, 4.69) is 20.6 Å². The standard InChI is InChI=1S/C14H20F3N5O/c1-22(2)12-11(7-18-8-19-12)21-13(23)20-10-5-3-4-9(6-10)14(15,16)17/h7-10H,3-6H2,1-2H3,(H2,20,21,23)/t9-,10+/m0/s1. The molecule has 128 valence electrons. The van der Waals surface area contributed by atoms with E-state index in [-0.39, 0.29) is 12.8 Å². The van der Waals surface area contributed by atoms with Crippen LogP contribution < -0.4 is 15.5 Å². The maximum absolute atomic E-state index is 12.8. The smallest absolute Gasteiger partial charge is 0.361 e. The Balaban J connectivity index is 1.95. The molecule has 2 N–H and O–H groups in total. The molecule has 2 amide bonds. The van der Waals surface area contributed by atoms with Crippen molar-refractivity contribution in [2.75, 3.05) is 24.3 Å². The van der Waals surface area contributed by atoms with Crippen LogP contribution in [0.1, 0.15) is 25.7 Å². The predicted molar refractivity (Wildman–Crippen MR) is 80.3 cm³/mol. The third kappa shape index (κ3) is 4.70. The number of hydrogen-bond acceptors (Lipinski definition) is 4. The van der Waals surface area contributed by atoms with E-state index in [0.717, 1.165) is 0 Å². The summed E-state index contributed by atoms with van der Waals surface area (Å²) in [5.41, 5.74) is 0.401. The quantitative estimate of drug-likeness (QED) is 0.893. The molecule has 0 unspecified atom stereocenters. The Hall–Kier alpha value is -2.06. The summed E-state index contributed by atoms with van der Waals surface area (Å²) in [4.78, 5) is 21.6. The van der Waals surface area contributed by atoms with E-state index in [1.807, 2.05) is 0 Å². The molecule has 0 aromatic carbocycles. The summed E-state index contributed by atoms with van der Waals surface area (Å²) >= 11 is 0. The van der Waals surface area contributed by atoms with Crippen molar-refractivity contribution in [3.8, 4) is 0 Å². The Morgan fingerprint density at radius 3 is 2.74 bits per heavy atom. The van der Waals surface area contributed by atoms with Crippen LogP contribution in [-0.2, 0) is 0 Å². The number of alkyl halides is 3. The summed E-state index contributed by atoms with van der Waals surface area (Å²) in [6, 6.07) is -1.03. The molecule has 1 heterocycles. The van der Waals surface area contributed by atoms with E-state index in [1.54, 1.807) is 19.0 Å². The van der Waals surface area contributed by atoms with Gasteiger partial charge in [-0.25, -0.2) is 14.8 Å². The van der Waals surface area contributed by atoms with Gasteiger partial charge in [-0.15, -0.1) is 0 Å². The molecule has 6 nitrogen and oxygen atoms in total. The second-order valence-corrected chi connectivity index (χ2v) is 5.85. The molecule has 1 aromatic rings. The zero-order chi connectivity index (χ0) is 17.0. The maximum Gasteiger partial charge on any atom is 0.391 e. The van der Waals surface area contributed by atoms with Gasteiger partial charge >= 0.3 is 12.2 Å². The lowest BCUT2D eigenvalue weighted by molar-refractivity contribution is -0.183. The van der Waals surface area contributed by atoms with Crippen LogP contribution in [-0.4, -0.2) is 42.3 Å². The third-order valence-corrected chi connectivity index (χ3v) is 3.84. The highest BCUT2D eigenvalue weighted by atomic mass is 19.4. The summed E-state index contributed by atoms with van der Waals surface area (Å²) < 4.78 is 38.4. The van der Waals surface area contributed by atoms with Gasteiger partial charge in [0.15, 0.2) is 5.82 Å². The lowest BCUT2D eigenvalue weighted by atomic mass is 9.85. The van der Waals surface area contributed by atoms with Crippen LogP contribution in [0.3, 0.4) is 0 Å². The third-order valence-electron chi connectivity index (χ3n) is 3.84. The number of carbonyl (C=O) groups is 1. The minimum atomic E-state index is -4.21. The van der Waals surface area contributed by atoms with Gasteiger partial charge in [0.05, 0.1) is 12.1 Å². The minimum Gasteiger partial charge on any atom is -0.361 e. The Morgan fingerprint density at radius 1 is 1.35 bits per heavy atom. The molecule has 1 aliphatic rings. The Morgan fingerprint density at radius 2 is 2.09 bits per heavy atom. The predicted octanol–water partition coefficient (Wildman–Crippen LogP) is 2.79. The molecule has 1 aliphatic carbocycles. The first-order valence-electron chi connectivity index (χ1n) is 7.39. The van der Waals surface area contributed by atoms with Crippen molar-refractivity contribution in [1.29, 1.82) is 0 Å². The van der Waals surface area contributed by atoms with Gasteiger partial charge in [-0.2, -0.15) is 13.2 Å². The molecular formula is C14H20F3N5O. The molecule has 23 heavy (non-hydrogen) atoms. The second kappa shape index (κ2) is 7.01. The van der Waals surface area contributed by atoms with Gasteiger partial charge in [-0.3, -0.25) is 0 Å². The van der Waals surface area contributed by atoms with Crippen LogP contribution >= 0.6 is 0 Å². The first kappa shape index (κ1) is 17.3. The van der Waals surface area contributed by atoms with E-state index in [9.17, 15) is 18.0 Å². The largest absolute Gasteiger partial charge is 0.391 e. The van der Waals surface area contributed by atoms with Crippen LogP contribution in [0, 0.1) is 5.92 Å². The highest BCUT2D eigenvalue weighted by Gasteiger charge is 2.42. The van der Waals surface area contributed by atoms with Crippen molar-refractivity contribution in [2.45, 2.75) is 37.9 Å². The van der Waals surface area contributed by atoms with Crippen LogP contribution in [0.4, 0.5) is 29.5 Å². The summed E-state index contributed by atoms with van der Waals surface area (Å²) in [7, 11) is 3.53. The lowest BCUT2D eigenvalue weighted by Gasteiger charge is -2.31. The number of aromatic nitrogens is 2. The second-order valence-electron chi connectivity index (χ2n) is 5.85. The number of urea groups is 1. The number of anilines is 2. The summed E-state index contributed by atoms with van der Waals surface area (Å²) in [5.74, 6) is -0.828. The summed E-state index contributed by atoms with van der Waals surface area (Å²) in [5, 5.41) is 5.21. The zero-order valence-corrected chi connectivity index (χ0v) is 13.0. The molecule has 0 spiro atoms. The summed E-state index contributed by atoms with van der Waals surface area (Å²) in [6.07, 6.45) is -0.362. The molecule has 0 aliphatic heterocycles. The molecular weight excluding hydrogens is 311 g/mol. The number of rotatable bonds is 3. The fraction of sp³-hybridized carbons (Fsp3) is 0.643. The van der Waals surface area contributed by atoms with Crippen molar-refractivity contribution in [2.24, 2.45) is 5.92 Å². The van der Waals surface area contributed by atoms with E-state index in [1.165, 1.54) is 12.5 Å². The Bertz CT molecular complexity index is 549. The van der Waals surface area contributed by atoms with Crippen molar-refractivity contribution >= 4 is 17.5 Å². The molecule has 0 radical (unpaired) electrons. The van der Waals surface area contributed by atoms with E-state index in [4.69, 9.17) is 0 Å². The van der Waals surface area contributed by atoms with E-state index in [0.29, 0.717) is 24.3 Å². The van der Waals surface area contributed by atoms with Crippen LogP contribution in [0.15, 0.2) is 12.5 Å². The highest BCUT2D eigenvalue weighted by Crippen LogP contribution is 2.37. The molecule has 2 rings (SSSR count). The van der Waals surface area contributed by atoms with Gasteiger partial charge in [0.25, 0.3) is 0 Å². The van der Waals surface area contributed by atoms with Gasteiger partial charge in [-0.1, -0.05) is 6.42 Å². The number of halogens is 3. The van der Waals surface area contributed by atoms with Crippen LogP contribution in [0.25, 0.3) is 0 Å². The normalized spacial score (nSPS) is 21.6. The number of nitrogens with one attached hydrogen (secondary N) is 2. The molecule has 1 aromatic heterocycles. The average molecular weight is 331 g/mol. The monoisotopic (exact) mass is 331 g/mol. The van der Waals surface area contributed by atoms with Crippen LogP contribution in [0.2, 0.25) is 0 Å². The first-order valence-corrected chi connectivity index (χ1v) is 7.39. The van der Waals surface area contributed by atoms with E-state index >= 15 is 0 Å². The summed E-state index contributed by atoms with van der Waals surface area (Å²) in [6.45, 7) is 0. The van der Waals surface area contributed by atoms with Crippen LogP contribution in [0.5, 0.6) is 0 Å². The molecule has 0 saturated heterocycles. The SMILES string of the molecule is CN(C)c1ncncc1NC(=O)N[C@@H]1CCC[C@H](C(F)(F)F)C1. The van der Waals surface area contributed by atoms with E-state index < -0.39 is 24.2 Å². The number of carbonyl (C=O) groups excluding carboxylic acids is 1. The zero-order valence-electron chi connectivity index (χ0n) is 13.0. The number of amides is 2. The molecule has 2 atom stereocenters. The van der Waals surface area contributed by atoms with Crippen molar-refractivity contribution < 1.29 is 18.0 Å². The molecule has 0 bridgehead atoms. The topological polar surface area (TPSA) is 70.2 Å². The van der Waals surface area contributed by atoms with Gasteiger partial charge in [0.2, 0.25) is 0 Å². The van der Waals surface area contributed by atoms with Gasteiger partial charge < -0.3 is 15.5 Å². The molecule has 1 saturated carbocycles. The first-order chi connectivity index (χ1) is 10.8. The lowest BCUT2D eigenvalue weighted by Crippen LogP contribution is -2.43. The Labute approximate surface area is 132 Å². The molecule has 1 fully saturated rings. The van der Waals surface area contributed by atoms with Gasteiger partial charge in [0, 0.05) is 20.1 Å². The van der Waals surface area contributed by atoms with Gasteiger partial charge in [-0.05, 0) is 19.3 Å². The number of hydrogen-bond donors (Lipinski definition) is 2. The van der Waals surface area contributed by atoms with Crippen molar-refractivity contribution in [1.82, 2.24) is 15.3 Å². The fourth-order valence-corrected chi connectivity index (χ4v) is 2.73. The average Bonchev–Trinajstić information content (AvgIpc) is 2.46. The molecule has 9 heteroatoms. The fourth-order valence-electron chi connectivity index (χ4n) is 2.73. The number of nitrogens with zero attached hydrogens (tertiary/aromatic N) is 3. The Kier molecular flexibility index (Phi) is 5.27. The maximum atomic E-state index is 12.8.